The summed E-state index contributed by atoms with van der Waals surface area (Å²) in [5, 5.41) is 10.3. The maximum absolute atomic E-state index is 13.1. The zero-order valence-electron chi connectivity index (χ0n) is 18.0. The lowest BCUT2D eigenvalue weighted by atomic mass is 10.0. The average Bonchev–Trinajstić information content (AvgIpc) is 2.76. The van der Waals surface area contributed by atoms with Crippen molar-refractivity contribution in [1.29, 1.82) is 0 Å². The number of aromatic amines is 1. The van der Waals surface area contributed by atoms with Crippen LogP contribution in [-0.4, -0.2) is 40.9 Å². The SMILES string of the molecule is CC1CCCC(C)N1S(=O)(=O)c1ccc(NC(=O)Cc2n[nH]c(=O)c3ccccc23)cc1. The van der Waals surface area contributed by atoms with E-state index in [0.717, 1.165) is 19.3 Å². The van der Waals surface area contributed by atoms with Crippen LogP contribution in [0.2, 0.25) is 0 Å². The molecule has 168 valence electrons. The Labute approximate surface area is 186 Å². The largest absolute Gasteiger partial charge is 0.326 e. The summed E-state index contributed by atoms with van der Waals surface area (Å²) >= 11 is 0. The minimum Gasteiger partial charge on any atom is -0.326 e. The van der Waals surface area contributed by atoms with Gasteiger partial charge in [-0.25, -0.2) is 13.5 Å². The van der Waals surface area contributed by atoms with E-state index in [1.54, 1.807) is 40.7 Å². The Hall–Kier alpha value is -3.04. The van der Waals surface area contributed by atoms with E-state index in [1.807, 2.05) is 13.8 Å². The number of amides is 1. The smallest absolute Gasteiger partial charge is 0.272 e. The van der Waals surface area contributed by atoms with Gasteiger partial charge in [0.2, 0.25) is 15.9 Å². The van der Waals surface area contributed by atoms with Gasteiger partial charge in [-0.2, -0.15) is 9.40 Å². The Kier molecular flexibility index (Phi) is 6.12. The lowest BCUT2D eigenvalue weighted by molar-refractivity contribution is -0.115. The zero-order chi connectivity index (χ0) is 22.9. The molecule has 1 aliphatic rings. The number of piperidine rings is 1. The monoisotopic (exact) mass is 454 g/mol. The molecule has 2 N–H and O–H groups in total. The molecule has 2 unspecified atom stereocenters. The Morgan fingerprint density at radius 2 is 1.69 bits per heavy atom. The number of rotatable bonds is 5. The van der Waals surface area contributed by atoms with Gasteiger partial charge in [-0.15, -0.1) is 0 Å². The van der Waals surface area contributed by atoms with Crippen LogP contribution in [0.4, 0.5) is 5.69 Å². The summed E-state index contributed by atoms with van der Waals surface area (Å²) in [6.45, 7) is 3.88. The quantitative estimate of drug-likeness (QED) is 0.615. The third-order valence-corrected chi connectivity index (χ3v) is 8.07. The van der Waals surface area contributed by atoms with Crippen LogP contribution in [0.1, 0.15) is 38.8 Å². The topological polar surface area (TPSA) is 112 Å². The van der Waals surface area contributed by atoms with Crippen molar-refractivity contribution in [2.45, 2.75) is 56.5 Å². The summed E-state index contributed by atoms with van der Waals surface area (Å²) in [5.41, 5.74) is 0.645. The number of anilines is 1. The summed E-state index contributed by atoms with van der Waals surface area (Å²) in [6, 6.07) is 13.1. The number of carbonyl (C=O) groups is 1. The van der Waals surface area contributed by atoms with Crippen LogP contribution in [0.15, 0.2) is 58.2 Å². The summed E-state index contributed by atoms with van der Waals surface area (Å²) in [7, 11) is -3.61. The fraction of sp³-hybridized carbons (Fsp3) is 0.348. The number of hydrogen-bond acceptors (Lipinski definition) is 5. The second-order valence-corrected chi connectivity index (χ2v) is 10.1. The molecule has 0 spiro atoms. The van der Waals surface area contributed by atoms with Crippen LogP contribution in [0.3, 0.4) is 0 Å². The lowest BCUT2D eigenvalue weighted by Crippen LogP contribution is -2.47. The molecule has 0 radical (unpaired) electrons. The summed E-state index contributed by atoms with van der Waals surface area (Å²) < 4.78 is 27.9. The van der Waals surface area contributed by atoms with Crippen molar-refractivity contribution in [3.63, 3.8) is 0 Å². The normalized spacial score (nSPS) is 19.7. The van der Waals surface area contributed by atoms with Gasteiger partial charge in [0.1, 0.15) is 0 Å². The van der Waals surface area contributed by atoms with E-state index in [1.165, 1.54) is 12.1 Å². The molecule has 9 heteroatoms. The second kappa shape index (κ2) is 8.84. The summed E-state index contributed by atoms with van der Waals surface area (Å²) in [6.07, 6.45) is 2.70. The van der Waals surface area contributed by atoms with Crippen LogP contribution in [0, 0.1) is 0 Å². The standard InChI is InChI=1S/C23H26N4O4S/c1-15-6-5-7-16(2)27(15)32(30,31)18-12-10-17(11-13-18)24-22(28)14-21-19-8-3-4-9-20(19)23(29)26-25-21/h3-4,8-13,15-16H,5-7,14H2,1-2H3,(H,24,28)(H,26,29). The van der Waals surface area contributed by atoms with Crippen molar-refractivity contribution in [3.05, 3.63) is 64.6 Å². The molecule has 1 fully saturated rings. The molecule has 2 atom stereocenters. The molecule has 3 aromatic rings. The van der Waals surface area contributed by atoms with E-state index in [4.69, 9.17) is 0 Å². The van der Waals surface area contributed by atoms with Gasteiger partial charge in [0.15, 0.2) is 0 Å². The number of H-pyrrole nitrogens is 1. The lowest BCUT2D eigenvalue weighted by Gasteiger charge is -2.37. The van der Waals surface area contributed by atoms with Crippen molar-refractivity contribution in [1.82, 2.24) is 14.5 Å². The highest BCUT2D eigenvalue weighted by Gasteiger charge is 2.35. The van der Waals surface area contributed by atoms with Crippen LogP contribution in [0.5, 0.6) is 0 Å². The van der Waals surface area contributed by atoms with Crippen molar-refractivity contribution < 1.29 is 13.2 Å². The molecule has 2 heterocycles. The van der Waals surface area contributed by atoms with Crippen molar-refractivity contribution >= 4 is 32.4 Å². The highest BCUT2D eigenvalue weighted by Crippen LogP contribution is 2.30. The highest BCUT2D eigenvalue weighted by molar-refractivity contribution is 7.89. The van der Waals surface area contributed by atoms with Crippen molar-refractivity contribution in [3.8, 4) is 0 Å². The number of aromatic nitrogens is 2. The van der Waals surface area contributed by atoms with E-state index in [2.05, 4.69) is 15.5 Å². The zero-order valence-corrected chi connectivity index (χ0v) is 18.9. The Bertz CT molecular complexity index is 1290. The number of sulfonamides is 1. The number of carbonyl (C=O) groups excluding carboxylic acids is 1. The molecule has 2 aromatic carbocycles. The first-order valence-corrected chi connectivity index (χ1v) is 12.1. The first kappa shape index (κ1) is 22.2. The van der Waals surface area contributed by atoms with Crippen LogP contribution >= 0.6 is 0 Å². The number of benzene rings is 2. The molecule has 1 saturated heterocycles. The predicted octanol–water partition coefficient (Wildman–Crippen LogP) is 3.06. The first-order valence-electron chi connectivity index (χ1n) is 10.7. The molecule has 4 rings (SSSR count). The highest BCUT2D eigenvalue weighted by atomic mass is 32.2. The predicted molar refractivity (Wildman–Crippen MR) is 123 cm³/mol. The van der Waals surface area contributed by atoms with E-state index in [0.29, 0.717) is 22.2 Å². The molecule has 0 aliphatic carbocycles. The van der Waals surface area contributed by atoms with Gasteiger partial charge in [-0.1, -0.05) is 24.6 Å². The molecule has 32 heavy (non-hydrogen) atoms. The van der Waals surface area contributed by atoms with Gasteiger partial charge in [0, 0.05) is 23.2 Å². The third-order valence-electron chi connectivity index (χ3n) is 5.93. The van der Waals surface area contributed by atoms with E-state index >= 15 is 0 Å². The minimum absolute atomic E-state index is 0.0276. The summed E-state index contributed by atoms with van der Waals surface area (Å²) in [4.78, 5) is 24.7. The van der Waals surface area contributed by atoms with Gasteiger partial charge in [0.25, 0.3) is 5.56 Å². The second-order valence-electron chi connectivity index (χ2n) is 8.26. The fourth-order valence-electron chi connectivity index (χ4n) is 4.37. The van der Waals surface area contributed by atoms with Gasteiger partial charge in [-0.05, 0) is 57.0 Å². The van der Waals surface area contributed by atoms with Crippen LogP contribution < -0.4 is 10.9 Å². The van der Waals surface area contributed by atoms with Crippen LogP contribution in [0.25, 0.3) is 10.8 Å². The molecule has 1 aliphatic heterocycles. The van der Waals surface area contributed by atoms with Gasteiger partial charge < -0.3 is 5.32 Å². The number of nitrogens with one attached hydrogen (secondary N) is 2. The average molecular weight is 455 g/mol. The van der Waals surface area contributed by atoms with Gasteiger partial charge >= 0.3 is 0 Å². The molecule has 0 saturated carbocycles. The molecule has 1 aromatic heterocycles. The van der Waals surface area contributed by atoms with Gasteiger partial charge in [-0.3, -0.25) is 9.59 Å². The maximum Gasteiger partial charge on any atom is 0.272 e. The van der Waals surface area contributed by atoms with Crippen molar-refractivity contribution in [2.24, 2.45) is 0 Å². The Morgan fingerprint density at radius 1 is 1.06 bits per heavy atom. The molecule has 0 bridgehead atoms. The molecule has 8 nitrogen and oxygen atoms in total. The number of nitrogens with zero attached hydrogens (tertiary/aromatic N) is 2. The molecular formula is C23H26N4O4S. The number of fused-ring (bicyclic) bond motifs is 1. The Morgan fingerprint density at radius 3 is 2.34 bits per heavy atom. The van der Waals surface area contributed by atoms with Crippen molar-refractivity contribution in [2.75, 3.05) is 5.32 Å². The minimum atomic E-state index is -3.61. The maximum atomic E-state index is 13.1. The van der Waals surface area contributed by atoms with E-state index in [9.17, 15) is 18.0 Å². The summed E-state index contributed by atoms with van der Waals surface area (Å²) in [5.74, 6) is -0.316. The van der Waals surface area contributed by atoms with Gasteiger partial charge in [0.05, 0.1) is 22.4 Å². The number of hydrogen-bond donors (Lipinski definition) is 2. The van der Waals surface area contributed by atoms with E-state index in [-0.39, 0.29) is 34.9 Å². The Balaban J connectivity index is 1.49. The third kappa shape index (κ3) is 4.31. The van der Waals surface area contributed by atoms with Crippen LogP contribution in [-0.2, 0) is 21.2 Å². The first-order chi connectivity index (χ1) is 15.3. The fourth-order valence-corrected chi connectivity index (χ4v) is 6.25. The van der Waals surface area contributed by atoms with E-state index < -0.39 is 10.0 Å². The molecule has 1 amide bonds. The molecular weight excluding hydrogens is 428 g/mol.